The molecule has 1 fully saturated rings. The molecule has 0 spiro atoms. The second kappa shape index (κ2) is 14.0. The summed E-state index contributed by atoms with van der Waals surface area (Å²) in [5.41, 5.74) is 11.7. The van der Waals surface area contributed by atoms with E-state index in [1.165, 1.54) is 44.7 Å². The molecule has 1 aliphatic heterocycles. The predicted molar refractivity (Wildman–Crippen MR) is 182 cm³/mol. The summed E-state index contributed by atoms with van der Waals surface area (Å²) in [6.45, 7) is 15.4. The van der Waals surface area contributed by atoms with Gasteiger partial charge in [0, 0.05) is 29.9 Å². The third-order valence-electron chi connectivity index (χ3n) is 9.50. The fraction of sp³-hybridized carbons (Fsp3) is 0.450. The second-order valence-electron chi connectivity index (χ2n) is 12.9. The Labute approximate surface area is 260 Å². The van der Waals surface area contributed by atoms with Crippen molar-refractivity contribution in [2.75, 3.05) is 20.2 Å². The van der Waals surface area contributed by atoms with Crippen molar-refractivity contribution < 1.29 is 9.47 Å². The summed E-state index contributed by atoms with van der Waals surface area (Å²) in [4.78, 5) is 2.56. The number of hydrogen-bond acceptors (Lipinski definition) is 3. The van der Waals surface area contributed by atoms with Gasteiger partial charge in [-0.25, -0.2) is 0 Å². The first-order chi connectivity index (χ1) is 20.8. The van der Waals surface area contributed by atoms with Gasteiger partial charge in [0.05, 0.1) is 19.3 Å². The van der Waals surface area contributed by atoms with E-state index in [0.717, 1.165) is 56.5 Å². The van der Waals surface area contributed by atoms with E-state index in [2.05, 4.69) is 119 Å². The molecule has 0 amide bonds. The van der Waals surface area contributed by atoms with Gasteiger partial charge >= 0.3 is 0 Å². The third-order valence-corrected chi connectivity index (χ3v) is 9.50. The Bertz CT molecular complexity index is 1430. The molecular weight excluding hydrogens is 526 g/mol. The lowest BCUT2D eigenvalue weighted by Crippen LogP contribution is -2.45. The van der Waals surface area contributed by atoms with Crippen LogP contribution in [0, 0.1) is 5.92 Å². The van der Waals surface area contributed by atoms with Crippen LogP contribution in [0.2, 0.25) is 0 Å². The van der Waals surface area contributed by atoms with Crippen molar-refractivity contribution in [3.63, 3.8) is 0 Å². The highest BCUT2D eigenvalue weighted by Crippen LogP contribution is 2.38. The SMILES string of the molecule is CCC(C)c1ccc(-c2cccc3c2CCC/C=C\C(C2=C(C)/C=C(/N4C[C@@H](C)O[C@@H](C)C4)[C@H](C)CC=C2)=C3OC)cc1. The Hall–Kier alpha value is -3.30. The predicted octanol–water partition coefficient (Wildman–Crippen LogP) is 10.0. The first-order valence-electron chi connectivity index (χ1n) is 16.5. The van der Waals surface area contributed by atoms with Crippen LogP contribution in [0.1, 0.15) is 89.8 Å². The van der Waals surface area contributed by atoms with Gasteiger partial charge in [-0.1, -0.05) is 87.5 Å². The number of hydrogen-bond donors (Lipinski definition) is 0. The fourth-order valence-electron chi connectivity index (χ4n) is 6.99. The van der Waals surface area contributed by atoms with Crippen molar-refractivity contribution in [1.82, 2.24) is 4.90 Å². The lowest BCUT2D eigenvalue weighted by molar-refractivity contribution is -0.0602. The minimum atomic E-state index is 0.235. The van der Waals surface area contributed by atoms with E-state index in [-0.39, 0.29) is 12.2 Å². The first-order valence-corrected chi connectivity index (χ1v) is 16.5. The van der Waals surface area contributed by atoms with Crippen molar-refractivity contribution >= 4 is 5.76 Å². The summed E-state index contributed by atoms with van der Waals surface area (Å²) in [6.07, 6.45) is 17.6. The maximum Gasteiger partial charge on any atom is 0.134 e. The summed E-state index contributed by atoms with van der Waals surface area (Å²) in [5, 5.41) is 0. The third kappa shape index (κ3) is 6.93. The van der Waals surface area contributed by atoms with E-state index >= 15 is 0 Å². The zero-order valence-corrected chi connectivity index (χ0v) is 27.5. The molecule has 0 bridgehead atoms. The quantitative estimate of drug-likeness (QED) is 0.341. The number of methoxy groups -OCH3 is 1. The van der Waals surface area contributed by atoms with E-state index < -0.39 is 0 Å². The maximum absolute atomic E-state index is 6.36. The van der Waals surface area contributed by atoms with Crippen molar-refractivity contribution in [2.45, 2.75) is 91.8 Å². The van der Waals surface area contributed by atoms with Crippen molar-refractivity contribution in [1.29, 1.82) is 0 Å². The smallest absolute Gasteiger partial charge is 0.134 e. The molecular formula is C40H51NO2. The summed E-state index contributed by atoms with van der Waals surface area (Å²) in [7, 11) is 1.83. The lowest BCUT2D eigenvalue weighted by Gasteiger charge is -2.40. The molecule has 0 saturated carbocycles. The van der Waals surface area contributed by atoms with Gasteiger partial charge in [0.1, 0.15) is 5.76 Å². The molecule has 3 nitrogen and oxygen atoms in total. The molecule has 3 aliphatic rings. The molecule has 1 saturated heterocycles. The monoisotopic (exact) mass is 577 g/mol. The number of allylic oxidation sites excluding steroid dienone is 9. The van der Waals surface area contributed by atoms with Crippen LogP contribution < -0.4 is 0 Å². The van der Waals surface area contributed by atoms with E-state index in [1.807, 2.05) is 7.11 Å². The van der Waals surface area contributed by atoms with E-state index in [0.29, 0.717) is 11.8 Å². The standard InChI is InChI=1S/C40H51NO2/c1-8-27(2)32-20-22-33(23-21-32)35-18-13-19-38-36(35)15-10-9-11-16-37(40(38)42-7)34-17-12-14-28(3)39(24-29(34)4)41-25-30(5)43-31(6)26-41/h11-13,16-24,27-28,30-31H,8-10,14-15,25-26H2,1-7H3/b16-11-,17-12?,34-29?,39-24+,40-37?/t27?,28-,30-,31+/m1/s1. The Morgan fingerprint density at radius 1 is 0.930 bits per heavy atom. The van der Waals surface area contributed by atoms with Gasteiger partial charge in [-0.2, -0.15) is 0 Å². The van der Waals surface area contributed by atoms with Crippen LogP contribution in [0.15, 0.2) is 95.3 Å². The van der Waals surface area contributed by atoms with Crippen LogP contribution in [0.3, 0.4) is 0 Å². The first kappa shape index (κ1) is 31.1. The van der Waals surface area contributed by atoms with E-state index in [1.54, 1.807) is 0 Å². The Morgan fingerprint density at radius 3 is 2.33 bits per heavy atom. The molecule has 1 unspecified atom stereocenters. The minimum absolute atomic E-state index is 0.235. The summed E-state index contributed by atoms with van der Waals surface area (Å²) in [6, 6.07) is 16.0. The maximum atomic E-state index is 6.36. The zero-order chi connectivity index (χ0) is 30.5. The highest BCUT2D eigenvalue weighted by molar-refractivity contribution is 5.80. The van der Waals surface area contributed by atoms with Crippen molar-refractivity contribution in [2.24, 2.45) is 5.92 Å². The number of benzene rings is 2. The zero-order valence-electron chi connectivity index (χ0n) is 27.5. The molecule has 5 rings (SSSR count). The minimum Gasteiger partial charge on any atom is -0.495 e. The fourth-order valence-corrected chi connectivity index (χ4v) is 6.99. The lowest BCUT2D eigenvalue weighted by atomic mass is 9.87. The van der Waals surface area contributed by atoms with Crippen LogP contribution in [0.25, 0.3) is 16.9 Å². The Morgan fingerprint density at radius 2 is 1.63 bits per heavy atom. The molecule has 3 heteroatoms. The van der Waals surface area contributed by atoms with Gasteiger partial charge < -0.3 is 14.4 Å². The topological polar surface area (TPSA) is 21.7 Å². The Kier molecular flexibility index (Phi) is 10.1. The molecule has 4 atom stereocenters. The van der Waals surface area contributed by atoms with Gasteiger partial charge in [0.25, 0.3) is 0 Å². The molecule has 228 valence electrons. The number of rotatable bonds is 6. The van der Waals surface area contributed by atoms with Gasteiger partial charge in [-0.05, 0) is 104 Å². The highest BCUT2D eigenvalue weighted by atomic mass is 16.5. The van der Waals surface area contributed by atoms with Crippen LogP contribution >= 0.6 is 0 Å². The van der Waals surface area contributed by atoms with Crippen LogP contribution in [-0.4, -0.2) is 37.3 Å². The average molecular weight is 578 g/mol. The highest BCUT2D eigenvalue weighted by Gasteiger charge is 2.27. The van der Waals surface area contributed by atoms with Gasteiger partial charge in [0.15, 0.2) is 0 Å². The van der Waals surface area contributed by atoms with Crippen molar-refractivity contribution in [3.8, 4) is 11.1 Å². The van der Waals surface area contributed by atoms with Crippen LogP contribution in [-0.2, 0) is 15.9 Å². The van der Waals surface area contributed by atoms with Crippen molar-refractivity contribution in [3.05, 3.63) is 112 Å². The molecule has 1 heterocycles. The Balaban J connectivity index is 1.63. The van der Waals surface area contributed by atoms with Crippen LogP contribution in [0.4, 0.5) is 0 Å². The van der Waals surface area contributed by atoms with E-state index in [9.17, 15) is 0 Å². The molecule has 2 aliphatic carbocycles. The summed E-state index contributed by atoms with van der Waals surface area (Å²) < 4.78 is 12.4. The van der Waals surface area contributed by atoms with Gasteiger partial charge in [-0.3, -0.25) is 0 Å². The molecule has 0 radical (unpaired) electrons. The molecule has 0 aromatic heterocycles. The van der Waals surface area contributed by atoms with Gasteiger partial charge in [-0.15, -0.1) is 0 Å². The molecule has 0 N–H and O–H groups in total. The number of morpholine rings is 1. The summed E-state index contributed by atoms with van der Waals surface area (Å²) in [5.74, 6) is 1.99. The van der Waals surface area contributed by atoms with E-state index in [4.69, 9.17) is 9.47 Å². The number of fused-ring (bicyclic) bond motifs is 1. The average Bonchev–Trinajstić information content (AvgIpc) is 3.08. The summed E-state index contributed by atoms with van der Waals surface area (Å²) >= 11 is 0. The number of ether oxygens (including phenoxy) is 2. The molecule has 43 heavy (non-hydrogen) atoms. The number of nitrogens with zero attached hydrogens (tertiary/aromatic N) is 1. The van der Waals surface area contributed by atoms with Gasteiger partial charge in [0.2, 0.25) is 0 Å². The molecule has 2 aromatic carbocycles. The largest absolute Gasteiger partial charge is 0.495 e. The van der Waals surface area contributed by atoms with Crippen LogP contribution in [0.5, 0.6) is 0 Å². The normalized spacial score (nSPS) is 25.9. The second-order valence-corrected chi connectivity index (χ2v) is 12.9. The molecule has 2 aromatic rings.